The quantitative estimate of drug-likeness (QED) is 0.863. The number of rotatable bonds is 4. The monoisotopic (exact) mass is 329 g/mol. The van der Waals surface area contributed by atoms with E-state index < -0.39 is 10.0 Å². The lowest BCUT2D eigenvalue weighted by Crippen LogP contribution is -2.48. The van der Waals surface area contributed by atoms with Crippen LogP contribution in [0.5, 0.6) is 0 Å². The van der Waals surface area contributed by atoms with Gasteiger partial charge >= 0.3 is 0 Å². The predicted octanol–water partition coefficient (Wildman–Crippen LogP) is 2.20. The van der Waals surface area contributed by atoms with E-state index >= 15 is 0 Å². The van der Waals surface area contributed by atoms with Crippen molar-refractivity contribution in [3.05, 3.63) is 65.7 Å². The largest absolute Gasteiger partial charge is 0.354 e. The summed E-state index contributed by atoms with van der Waals surface area (Å²) in [6.45, 7) is 2.24. The molecule has 0 N–H and O–H groups in total. The molecule has 120 valence electrons. The van der Waals surface area contributed by atoms with Crippen molar-refractivity contribution in [1.29, 1.82) is 0 Å². The molecule has 0 bridgehead atoms. The molecule has 1 aliphatic heterocycles. The first-order valence-corrected chi connectivity index (χ1v) is 9.05. The van der Waals surface area contributed by atoms with E-state index in [0.717, 1.165) is 11.4 Å². The second-order valence-electron chi connectivity index (χ2n) is 5.33. The molecule has 2 heterocycles. The maximum Gasteiger partial charge on any atom is 0.236 e. The lowest BCUT2D eigenvalue weighted by atomic mass is 10.2. The van der Waals surface area contributed by atoms with E-state index in [0.29, 0.717) is 26.2 Å². The normalized spacial score (nSPS) is 16.8. The minimum absolute atomic E-state index is 0.470. The Morgan fingerprint density at radius 2 is 1.61 bits per heavy atom. The molecule has 2 aromatic rings. The molecule has 1 fully saturated rings. The number of piperazine rings is 1. The summed E-state index contributed by atoms with van der Waals surface area (Å²) in [5.41, 5.74) is 0.878. The number of pyridine rings is 1. The third-order valence-corrected chi connectivity index (χ3v) is 5.37. The lowest BCUT2D eigenvalue weighted by Gasteiger charge is -2.34. The molecule has 0 saturated carbocycles. The van der Waals surface area contributed by atoms with Gasteiger partial charge in [-0.3, -0.25) is 0 Å². The number of hydrogen-bond acceptors (Lipinski definition) is 4. The Morgan fingerprint density at radius 3 is 2.26 bits per heavy atom. The van der Waals surface area contributed by atoms with E-state index in [4.69, 9.17) is 0 Å². The highest BCUT2D eigenvalue weighted by Gasteiger charge is 2.25. The zero-order chi connectivity index (χ0) is 16.1. The minimum Gasteiger partial charge on any atom is -0.354 e. The SMILES string of the molecule is O=S(=O)(C=Cc1ccccc1)N1CCN(c2ccccn2)CC1. The van der Waals surface area contributed by atoms with Crippen molar-refractivity contribution in [3.63, 3.8) is 0 Å². The summed E-state index contributed by atoms with van der Waals surface area (Å²) >= 11 is 0. The van der Waals surface area contributed by atoms with E-state index in [1.54, 1.807) is 12.3 Å². The number of benzene rings is 1. The smallest absolute Gasteiger partial charge is 0.236 e. The lowest BCUT2D eigenvalue weighted by molar-refractivity contribution is 0.389. The molecule has 0 spiro atoms. The molecule has 6 heteroatoms. The van der Waals surface area contributed by atoms with Gasteiger partial charge in [-0.05, 0) is 23.8 Å². The number of nitrogens with zero attached hydrogens (tertiary/aromatic N) is 3. The predicted molar refractivity (Wildman–Crippen MR) is 92.4 cm³/mol. The van der Waals surface area contributed by atoms with Gasteiger partial charge in [0.15, 0.2) is 0 Å². The van der Waals surface area contributed by atoms with Crippen LogP contribution < -0.4 is 4.90 Å². The van der Waals surface area contributed by atoms with Crippen LogP contribution >= 0.6 is 0 Å². The summed E-state index contributed by atoms with van der Waals surface area (Å²) in [7, 11) is -3.38. The number of anilines is 1. The summed E-state index contributed by atoms with van der Waals surface area (Å²) < 4.78 is 26.3. The first-order chi connectivity index (χ1) is 11.1. The van der Waals surface area contributed by atoms with E-state index in [2.05, 4.69) is 9.88 Å². The zero-order valence-electron chi connectivity index (χ0n) is 12.7. The number of sulfonamides is 1. The van der Waals surface area contributed by atoms with Gasteiger partial charge in [0, 0.05) is 37.8 Å². The molecule has 0 aliphatic carbocycles. The fraction of sp³-hybridized carbons (Fsp3) is 0.235. The highest BCUT2D eigenvalue weighted by atomic mass is 32.2. The van der Waals surface area contributed by atoms with Crippen LogP contribution in [0.25, 0.3) is 6.08 Å². The molecular formula is C17H19N3O2S. The molecule has 0 atom stereocenters. The molecular weight excluding hydrogens is 310 g/mol. The van der Waals surface area contributed by atoms with Crippen molar-refractivity contribution in [3.8, 4) is 0 Å². The molecule has 23 heavy (non-hydrogen) atoms. The van der Waals surface area contributed by atoms with Gasteiger partial charge in [0.1, 0.15) is 5.82 Å². The standard InChI is InChI=1S/C17H19N3O2S/c21-23(22,15-9-16-6-2-1-3-7-16)20-13-11-19(12-14-20)17-8-4-5-10-18-17/h1-10,15H,11-14H2. The summed E-state index contributed by atoms with van der Waals surface area (Å²) in [6, 6.07) is 15.2. The Labute approximate surface area is 136 Å². The summed E-state index contributed by atoms with van der Waals surface area (Å²) in [5, 5.41) is 1.29. The van der Waals surface area contributed by atoms with Crippen LogP contribution in [0.1, 0.15) is 5.56 Å². The highest BCUT2D eigenvalue weighted by Crippen LogP contribution is 2.16. The maximum atomic E-state index is 12.4. The van der Waals surface area contributed by atoms with Gasteiger partial charge in [-0.2, -0.15) is 4.31 Å². The highest BCUT2D eigenvalue weighted by molar-refractivity contribution is 7.92. The van der Waals surface area contributed by atoms with Gasteiger partial charge in [0.2, 0.25) is 10.0 Å². The van der Waals surface area contributed by atoms with Gasteiger partial charge in [0.25, 0.3) is 0 Å². The summed E-state index contributed by atoms with van der Waals surface area (Å²) in [6.07, 6.45) is 3.39. The van der Waals surface area contributed by atoms with Crippen LogP contribution in [0.4, 0.5) is 5.82 Å². The average molecular weight is 329 g/mol. The van der Waals surface area contributed by atoms with Crippen molar-refractivity contribution in [2.75, 3.05) is 31.1 Å². The van der Waals surface area contributed by atoms with Gasteiger partial charge in [-0.25, -0.2) is 13.4 Å². The summed E-state index contributed by atoms with van der Waals surface area (Å²) in [5.74, 6) is 0.893. The fourth-order valence-corrected chi connectivity index (χ4v) is 3.70. The van der Waals surface area contributed by atoms with Crippen LogP contribution in [0.2, 0.25) is 0 Å². The van der Waals surface area contributed by atoms with Gasteiger partial charge < -0.3 is 4.90 Å². The zero-order valence-corrected chi connectivity index (χ0v) is 13.6. The first-order valence-electron chi connectivity index (χ1n) is 7.54. The van der Waals surface area contributed by atoms with E-state index in [1.807, 2.05) is 48.5 Å². The average Bonchev–Trinajstić information content (AvgIpc) is 2.62. The van der Waals surface area contributed by atoms with Gasteiger partial charge in [-0.1, -0.05) is 36.4 Å². The van der Waals surface area contributed by atoms with Gasteiger partial charge in [-0.15, -0.1) is 0 Å². The van der Waals surface area contributed by atoms with Gasteiger partial charge in [0.05, 0.1) is 0 Å². The third kappa shape index (κ3) is 3.97. The number of aromatic nitrogens is 1. The molecule has 1 aromatic heterocycles. The Kier molecular flexibility index (Phi) is 4.73. The maximum absolute atomic E-state index is 12.4. The number of hydrogen-bond donors (Lipinski definition) is 0. The molecule has 0 radical (unpaired) electrons. The Balaban J connectivity index is 1.63. The van der Waals surface area contributed by atoms with Crippen LogP contribution in [0.15, 0.2) is 60.1 Å². The van der Waals surface area contributed by atoms with Crippen LogP contribution in [-0.2, 0) is 10.0 Å². The van der Waals surface area contributed by atoms with Crippen molar-refractivity contribution in [2.45, 2.75) is 0 Å². The Hall–Kier alpha value is -2.18. The molecule has 0 unspecified atom stereocenters. The minimum atomic E-state index is -3.38. The second kappa shape index (κ2) is 6.93. The van der Waals surface area contributed by atoms with Crippen molar-refractivity contribution in [1.82, 2.24) is 9.29 Å². The Morgan fingerprint density at radius 1 is 0.913 bits per heavy atom. The van der Waals surface area contributed by atoms with Crippen LogP contribution in [0.3, 0.4) is 0 Å². The van der Waals surface area contributed by atoms with Crippen LogP contribution in [-0.4, -0.2) is 43.9 Å². The molecule has 1 saturated heterocycles. The third-order valence-electron chi connectivity index (χ3n) is 3.80. The van der Waals surface area contributed by atoms with Crippen LogP contribution in [0, 0.1) is 0 Å². The molecule has 5 nitrogen and oxygen atoms in total. The van der Waals surface area contributed by atoms with Crippen molar-refractivity contribution in [2.24, 2.45) is 0 Å². The van der Waals surface area contributed by atoms with Crippen molar-refractivity contribution >= 4 is 21.9 Å². The first kappa shape index (κ1) is 15.7. The van der Waals surface area contributed by atoms with E-state index in [-0.39, 0.29) is 0 Å². The summed E-state index contributed by atoms with van der Waals surface area (Å²) in [4.78, 5) is 6.41. The molecule has 0 amide bonds. The molecule has 3 rings (SSSR count). The van der Waals surface area contributed by atoms with Crippen molar-refractivity contribution < 1.29 is 8.42 Å². The fourth-order valence-electron chi connectivity index (χ4n) is 2.53. The molecule has 1 aromatic carbocycles. The van der Waals surface area contributed by atoms with E-state index in [9.17, 15) is 8.42 Å². The topological polar surface area (TPSA) is 53.5 Å². The molecule has 1 aliphatic rings. The Bertz CT molecular complexity index is 753. The second-order valence-corrected chi connectivity index (χ2v) is 7.15. The van der Waals surface area contributed by atoms with E-state index in [1.165, 1.54) is 9.71 Å².